The Morgan fingerprint density at radius 1 is 0.857 bits per heavy atom. The summed E-state index contributed by atoms with van der Waals surface area (Å²) in [6.07, 6.45) is -8.67. The summed E-state index contributed by atoms with van der Waals surface area (Å²) in [5.41, 5.74) is -2.59. The number of nitrogens with zero attached hydrogens (tertiary/aromatic N) is 3. The average Bonchev–Trinajstić information content (AvgIpc) is 2.36. The Kier molecular flexibility index (Phi) is 3.79. The van der Waals surface area contributed by atoms with Gasteiger partial charge < -0.3 is 0 Å². The van der Waals surface area contributed by atoms with E-state index in [1.54, 1.807) is 0 Å². The molecular weight excluding hydrogens is 324 g/mol. The van der Waals surface area contributed by atoms with E-state index in [9.17, 15) is 26.3 Å². The fraction of sp³-hybridized carbons (Fsp3) is 0.182. The molecule has 0 aromatic carbocycles. The maximum Gasteiger partial charge on any atom is 0.433 e. The van der Waals surface area contributed by atoms with Crippen molar-refractivity contribution in [2.75, 3.05) is 0 Å². The number of halogens is 7. The van der Waals surface area contributed by atoms with Gasteiger partial charge >= 0.3 is 12.4 Å². The van der Waals surface area contributed by atoms with E-state index in [0.717, 1.165) is 12.3 Å². The van der Waals surface area contributed by atoms with Gasteiger partial charge in [-0.05, 0) is 12.1 Å². The lowest BCUT2D eigenvalue weighted by Gasteiger charge is -2.09. The number of hydrogen-bond acceptors (Lipinski definition) is 3. The number of hydrogen-bond donors (Lipinski definition) is 0. The SMILES string of the molecule is FC(F)(F)c1ccc(-c2nc(Cl)cc(C(F)(F)F)n2)cn1. The Morgan fingerprint density at radius 2 is 1.48 bits per heavy atom. The molecule has 0 atom stereocenters. The lowest BCUT2D eigenvalue weighted by molar-refractivity contribution is -0.141. The minimum absolute atomic E-state index is 0.115. The maximum atomic E-state index is 12.6. The molecule has 0 unspecified atom stereocenters. The molecule has 10 heteroatoms. The summed E-state index contributed by atoms with van der Waals surface area (Å²) in [6.45, 7) is 0. The Hall–Kier alpha value is -1.90. The van der Waals surface area contributed by atoms with Crippen LogP contribution in [-0.4, -0.2) is 15.0 Å². The number of alkyl halides is 6. The molecule has 0 aliphatic heterocycles. The van der Waals surface area contributed by atoms with Crippen molar-refractivity contribution in [2.45, 2.75) is 12.4 Å². The predicted molar refractivity (Wildman–Crippen MR) is 60.3 cm³/mol. The van der Waals surface area contributed by atoms with Crippen LogP contribution in [0, 0.1) is 0 Å². The quantitative estimate of drug-likeness (QED) is 0.581. The van der Waals surface area contributed by atoms with E-state index in [-0.39, 0.29) is 5.56 Å². The highest BCUT2D eigenvalue weighted by molar-refractivity contribution is 6.29. The molecular formula is C11H4ClF6N3. The highest BCUT2D eigenvalue weighted by Crippen LogP contribution is 2.31. The first-order chi connectivity index (χ1) is 9.57. The van der Waals surface area contributed by atoms with Crippen LogP contribution in [0.5, 0.6) is 0 Å². The molecule has 112 valence electrons. The lowest BCUT2D eigenvalue weighted by atomic mass is 10.2. The molecule has 2 heterocycles. The highest BCUT2D eigenvalue weighted by Gasteiger charge is 2.34. The third kappa shape index (κ3) is 3.60. The second-order valence-electron chi connectivity index (χ2n) is 3.83. The summed E-state index contributed by atoms with van der Waals surface area (Å²) < 4.78 is 74.7. The van der Waals surface area contributed by atoms with Gasteiger partial charge in [0.1, 0.15) is 16.5 Å². The lowest BCUT2D eigenvalue weighted by Crippen LogP contribution is -2.10. The minimum Gasteiger partial charge on any atom is -0.251 e. The predicted octanol–water partition coefficient (Wildman–Crippen LogP) is 4.23. The van der Waals surface area contributed by atoms with Gasteiger partial charge in [0.2, 0.25) is 0 Å². The van der Waals surface area contributed by atoms with Crippen molar-refractivity contribution in [1.82, 2.24) is 15.0 Å². The Labute approximate surface area is 118 Å². The fourth-order valence-electron chi connectivity index (χ4n) is 1.39. The summed E-state index contributed by atoms with van der Waals surface area (Å²) in [5.74, 6) is -0.462. The molecule has 0 amide bonds. The molecule has 21 heavy (non-hydrogen) atoms. The Bertz CT molecular complexity index is 650. The van der Waals surface area contributed by atoms with Crippen LogP contribution in [0.25, 0.3) is 11.4 Å². The first-order valence-electron chi connectivity index (χ1n) is 5.23. The molecule has 0 aliphatic carbocycles. The fourth-order valence-corrected chi connectivity index (χ4v) is 1.57. The molecule has 0 saturated heterocycles. The molecule has 0 saturated carbocycles. The van der Waals surface area contributed by atoms with Gasteiger partial charge in [-0.1, -0.05) is 11.6 Å². The minimum atomic E-state index is -4.75. The monoisotopic (exact) mass is 327 g/mol. The Morgan fingerprint density at radius 3 is 1.95 bits per heavy atom. The third-order valence-electron chi connectivity index (χ3n) is 2.30. The Balaban J connectivity index is 2.45. The van der Waals surface area contributed by atoms with Gasteiger partial charge in [0.25, 0.3) is 0 Å². The largest absolute Gasteiger partial charge is 0.433 e. The second kappa shape index (κ2) is 5.14. The molecule has 0 aliphatic rings. The number of pyridine rings is 1. The van der Waals surface area contributed by atoms with Crippen LogP contribution < -0.4 is 0 Å². The first-order valence-corrected chi connectivity index (χ1v) is 5.60. The van der Waals surface area contributed by atoms with Crippen LogP contribution in [0.3, 0.4) is 0 Å². The molecule has 2 rings (SSSR count). The van der Waals surface area contributed by atoms with Gasteiger partial charge in [-0.15, -0.1) is 0 Å². The van der Waals surface area contributed by atoms with Crippen LogP contribution in [0.1, 0.15) is 11.4 Å². The summed E-state index contributed by atoms with van der Waals surface area (Å²) >= 11 is 5.46. The zero-order valence-electron chi connectivity index (χ0n) is 9.80. The highest BCUT2D eigenvalue weighted by atomic mass is 35.5. The van der Waals surface area contributed by atoms with Crippen molar-refractivity contribution in [2.24, 2.45) is 0 Å². The maximum absolute atomic E-state index is 12.6. The summed E-state index contributed by atoms with van der Waals surface area (Å²) in [4.78, 5) is 9.89. The van der Waals surface area contributed by atoms with Crippen LogP contribution in [0.15, 0.2) is 24.4 Å². The molecule has 2 aromatic heterocycles. The van der Waals surface area contributed by atoms with Gasteiger partial charge in [-0.3, -0.25) is 4.98 Å². The molecule has 3 nitrogen and oxygen atoms in total. The average molecular weight is 328 g/mol. The van der Waals surface area contributed by atoms with Crippen molar-refractivity contribution in [3.63, 3.8) is 0 Å². The molecule has 0 bridgehead atoms. The van der Waals surface area contributed by atoms with E-state index in [1.807, 2.05) is 0 Å². The zero-order chi connectivity index (χ0) is 15.8. The van der Waals surface area contributed by atoms with Crippen molar-refractivity contribution in [3.05, 3.63) is 40.9 Å². The van der Waals surface area contributed by atoms with Crippen LogP contribution in [0.2, 0.25) is 5.15 Å². The van der Waals surface area contributed by atoms with E-state index in [1.165, 1.54) is 0 Å². The third-order valence-corrected chi connectivity index (χ3v) is 2.49. The van der Waals surface area contributed by atoms with E-state index >= 15 is 0 Å². The smallest absolute Gasteiger partial charge is 0.251 e. The van der Waals surface area contributed by atoms with Crippen LogP contribution >= 0.6 is 11.6 Å². The van der Waals surface area contributed by atoms with E-state index < -0.39 is 34.7 Å². The topological polar surface area (TPSA) is 38.7 Å². The molecule has 0 N–H and O–H groups in total. The van der Waals surface area contributed by atoms with Gasteiger partial charge in [0.05, 0.1) is 0 Å². The normalized spacial score (nSPS) is 12.5. The summed E-state index contributed by atoms with van der Waals surface area (Å²) in [5, 5.41) is -0.479. The van der Waals surface area contributed by atoms with Crippen molar-refractivity contribution >= 4 is 11.6 Å². The zero-order valence-corrected chi connectivity index (χ0v) is 10.6. The van der Waals surface area contributed by atoms with Gasteiger partial charge in [0, 0.05) is 17.8 Å². The van der Waals surface area contributed by atoms with Crippen LogP contribution in [-0.2, 0) is 12.4 Å². The molecule has 2 aromatic rings. The van der Waals surface area contributed by atoms with E-state index in [4.69, 9.17) is 11.6 Å². The van der Waals surface area contributed by atoms with Gasteiger partial charge in [-0.25, -0.2) is 9.97 Å². The van der Waals surface area contributed by atoms with E-state index in [0.29, 0.717) is 12.1 Å². The van der Waals surface area contributed by atoms with Crippen LogP contribution in [0.4, 0.5) is 26.3 Å². The van der Waals surface area contributed by atoms with Crippen molar-refractivity contribution in [1.29, 1.82) is 0 Å². The van der Waals surface area contributed by atoms with Crippen molar-refractivity contribution in [3.8, 4) is 11.4 Å². The number of rotatable bonds is 1. The standard InChI is InChI=1S/C11H4ClF6N3/c12-8-3-7(11(16,17)18)20-9(21-8)5-1-2-6(19-4-5)10(13,14)15/h1-4H. The van der Waals surface area contributed by atoms with E-state index in [2.05, 4.69) is 15.0 Å². The van der Waals surface area contributed by atoms with Gasteiger partial charge in [-0.2, -0.15) is 26.3 Å². The molecule has 0 fully saturated rings. The number of aromatic nitrogens is 3. The summed E-state index contributed by atoms with van der Waals surface area (Å²) in [6, 6.07) is 2.05. The van der Waals surface area contributed by atoms with Crippen molar-refractivity contribution < 1.29 is 26.3 Å². The summed E-state index contributed by atoms with van der Waals surface area (Å²) in [7, 11) is 0. The second-order valence-corrected chi connectivity index (χ2v) is 4.21. The molecule has 0 spiro atoms. The first kappa shape index (κ1) is 15.5. The molecule has 0 radical (unpaired) electrons. The van der Waals surface area contributed by atoms with Gasteiger partial charge in [0.15, 0.2) is 5.82 Å².